The lowest BCUT2D eigenvalue weighted by atomic mass is 10.1. The van der Waals surface area contributed by atoms with Crippen LogP contribution in [0.25, 0.3) is 0 Å². The highest BCUT2D eigenvalue weighted by atomic mass is 16.5. The molecule has 112 valence electrons. The molecule has 1 aromatic carbocycles. The molecule has 0 saturated carbocycles. The number of methoxy groups -OCH3 is 1. The lowest BCUT2D eigenvalue weighted by molar-refractivity contribution is -0.121. The minimum absolute atomic E-state index is 0.0222. The van der Waals surface area contributed by atoms with Crippen molar-refractivity contribution in [2.24, 2.45) is 5.73 Å². The maximum Gasteiger partial charge on any atom is 0.220 e. The van der Waals surface area contributed by atoms with Gasteiger partial charge in [-0.25, -0.2) is 0 Å². The molecule has 1 aromatic rings. The summed E-state index contributed by atoms with van der Waals surface area (Å²) in [6.45, 7) is 2.26. The number of benzene rings is 1. The minimum atomic E-state index is 0.0222. The van der Waals surface area contributed by atoms with Crippen molar-refractivity contribution >= 4 is 5.91 Å². The Morgan fingerprint density at radius 1 is 1.25 bits per heavy atom. The van der Waals surface area contributed by atoms with Crippen molar-refractivity contribution in [3.05, 3.63) is 29.8 Å². The van der Waals surface area contributed by atoms with Gasteiger partial charge in [-0.2, -0.15) is 0 Å². The number of hydrogen-bond donors (Lipinski definition) is 2. The van der Waals surface area contributed by atoms with Crippen molar-refractivity contribution in [2.45, 2.75) is 19.3 Å². The van der Waals surface area contributed by atoms with Crippen LogP contribution in [0.15, 0.2) is 24.3 Å². The Kier molecular flexibility index (Phi) is 8.42. The van der Waals surface area contributed by atoms with E-state index in [1.54, 1.807) is 7.11 Å². The molecule has 1 amide bonds. The molecule has 0 aliphatic carbocycles. The van der Waals surface area contributed by atoms with Gasteiger partial charge in [0.2, 0.25) is 5.91 Å². The maximum absolute atomic E-state index is 11.3. The molecule has 0 spiro atoms. The number of amides is 1. The summed E-state index contributed by atoms with van der Waals surface area (Å²) in [6, 6.07) is 7.95. The molecule has 0 saturated heterocycles. The van der Waals surface area contributed by atoms with E-state index in [-0.39, 0.29) is 5.91 Å². The summed E-state index contributed by atoms with van der Waals surface area (Å²) in [7, 11) is 1.70. The third-order valence-electron chi connectivity index (χ3n) is 2.80. The third-order valence-corrected chi connectivity index (χ3v) is 2.80. The fourth-order valence-corrected chi connectivity index (χ4v) is 1.69. The van der Waals surface area contributed by atoms with Gasteiger partial charge in [0.15, 0.2) is 0 Å². The average Bonchev–Trinajstić information content (AvgIpc) is 2.48. The van der Waals surface area contributed by atoms with Crippen LogP contribution in [0.1, 0.15) is 18.4 Å². The van der Waals surface area contributed by atoms with E-state index in [0.717, 1.165) is 18.8 Å². The van der Waals surface area contributed by atoms with Gasteiger partial charge in [-0.15, -0.1) is 0 Å². The maximum atomic E-state index is 11.3. The first-order valence-corrected chi connectivity index (χ1v) is 6.93. The normalized spacial score (nSPS) is 10.3. The number of hydrogen-bond acceptors (Lipinski definition) is 4. The predicted molar refractivity (Wildman–Crippen MR) is 78.8 cm³/mol. The summed E-state index contributed by atoms with van der Waals surface area (Å²) in [6.07, 6.45) is 2.06. The first-order chi connectivity index (χ1) is 9.76. The molecule has 0 radical (unpaired) electrons. The molecule has 0 atom stereocenters. The van der Waals surface area contributed by atoms with Gasteiger partial charge in [0.05, 0.1) is 13.2 Å². The van der Waals surface area contributed by atoms with E-state index in [0.29, 0.717) is 32.5 Å². The van der Waals surface area contributed by atoms with Crippen LogP contribution in [0.5, 0.6) is 5.75 Å². The molecule has 3 N–H and O–H groups in total. The fraction of sp³-hybridized carbons (Fsp3) is 0.533. The largest absolute Gasteiger partial charge is 0.494 e. The lowest BCUT2D eigenvalue weighted by Crippen LogP contribution is -2.29. The Morgan fingerprint density at radius 3 is 2.65 bits per heavy atom. The SMILES string of the molecule is COCCc1ccc(OCCCC(=O)NCCN)cc1. The Labute approximate surface area is 120 Å². The summed E-state index contributed by atoms with van der Waals surface area (Å²) in [5.41, 5.74) is 6.53. The summed E-state index contributed by atoms with van der Waals surface area (Å²) in [5.74, 6) is 0.850. The molecule has 1 rings (SSSR count). The van der Waals surface area contributed by atoms with Crippen LogP contribution in [-0.4, -0.2) is 39.3 Å². The quantitative estimate of drug-likeness (QED) is 0.630. The highest BCUT2D eigenvalue weighted by molar-refractivity contribution is 5.75. The van der Waals surface area contributed by atoms with E-state index in [4.69, 9.17) is 15.2 Å². The lowest BCUT2D eigenvalue weighted by Gasteiger charge is -2.07. The molecule has 20 heavy (non-hydrogen) atoms. The van der Waals surface area contributed by atoms with Gasteiger partial charge in [-0.1, -0.05) is 12.1 Å². The molecule has 0 aliphatic heterocycles. The van der Waals surface area contributed by atoms with Crippen LogP contribution < -0.4 is 15.8 Å². The van der Waals surface area contributed by atoms with Crippen LogP contribution in [0.2, 0.25) is 0 Å². The molecule has 5 heteroatoms. The van der Waals surface area contributed by atoms with Gasteiger partial charge < -0.3 is 20.5 Å². The topological polar surface area (TPSA) is 73.6 Å². The number of ether oxygens (including phenoxy) is 2. The number of carbonyl (C=O) groups excluding carboxylic acids is 1. The molecule has 0 bridgehead atoms. The van der Waals surface area contributed by atoms with Crippen molar-refractivity contribution in [3.8, 4) is 5.75 Å². The summed E-state index contributed by atoms with van der Waals surface area (Å²) < 4.78 is 10.6. The van der Waals surface area contributed by atoms with Gasteiger partial charge in [-0.05, 0) is 30.5 Å². The molecule has 5 nitrogen and oxygen atoms in total. The highest BCUT2D eigenvalue weighted by Crippen LogP contribution is 2.13. The standard InChI is InChI=1S/C15H24N2O3/c1-19-12-8-13-4-6-14(7-5-13)20-11-2-3-15(18)17-10-9-16/h4-7H,2-3,8-12,16H2,1H3,(H,17,18). The molecule has 0 fully saturated rings. The van der Waals surface area contributed by atoms with E-state index in [1.807, 2.05) is 24.3 Å². The van der Waals surface area contributed by atoms with Gasteiger partial charge in [0, 0.05) is 26.6 Å². The molecule has 0 aliphatic rings. The first-order valence-electron chi connectivity index (χ1n) is 6.93. The molecule has 0 unspecified atom stereocenters. The van der Waals surface area contributed by atoms with Gasteiger partial charge in [-0.3, -0.25) is 4.79 Å². The van der Waals surface area contributed by atoms with Crippen molar-refractivity contribution in [2.75, 3.05) is 33.4 Å². The Morgan fingerprint density at radius 2 is 2.00 bits per heavy atom. The number of nitrogens with two attached hydrogens (primary N) is 1. The Bertz CT molecular complexity index is 379. The number of carbonyl (C=O) groups is 1. The monoisotopic (exact) mass is 280 g/mol. The third kappa shape index (κ3) is 7.11. The molecular formula is C15H24N2O3. The van der Waals surface area contributed by atoms with Crippen LogP contribution in [0.4, 0.5) is 0 Å². The van der Waals surface area contributed by atoms with E-state index < -0.39 is 0 Å². The van der Waals surface area contributed by atoms with E-state index in [2.05, 4.69) is 5.32 Å². The van der Waals surface area contributed by atoms with Crippen LogP contribution in [-0.2, 0) is 16.0 Å². The smallest absolute Gasteiger partial charge is 0.220 e. The summed E-state index contributed by atoms with van der Waals surface area (Å²) in [4.78, 5) is 11.3. The summed E-state index contributed by atoms with van der Waals surface area (Å²) >= 11 is 0. The first kappa shape index (κ1) is 16.5. The van der Waals surface area contributed by atoms with E-state index in [9.17, 15) is 4.79 Å². The minimum Gasteiger partial charge on any atom is -0.494 e. The van der Waals surface area contributed by atoms with Gasteiger partial charge >= 0.3 is 0 Å². The van der Waals surface area contributed by atoms with Gasteiger partial charge in [0.25, 0.3) is 0 Å². The predicted octanol–water partition coefficient (Wildman–Crippen LogP) is 1.11. The van der Waals surface area contributed by atoms with Crippen molar-refractivity contribution in [1.82, 2.24) is 5.32 Å². The molecular weight excluding hydrogens is 256 g/mol. The van der Waals surface area contributed by atoms with Crippen molar-refractivity contribution in [3.63, 3.8) is 0 Å². The second-order valence-corrected chi connectivity index (χ2v) is 4.48. The van der Waals surface area contributed by atoms with Crippen molar-refractivity contribution < 1.29 is 14.3 Å². The molecule has 0 aromatic heterocycles. The van der Waals surface area contributed by atoms with E-state index in [1.165, 1.54) is 5.56 Å². The van der Waals surface area contributed by atoms with Crippen LogP contribution >= 0.6 is 0 Å². The number of nitrogens with one attached hydrogen (secondary N) is 1. The van der Waals surface area contributed by atoms with Crippen molar-refractivity contribution in [1.29, 1.82) is 0 Å². The zero-order valence-electron chi connectivity index (χ0n) is 12.1. The Balaban J connectivity index is 2.17. The highest BCUT2D eigenvalue weighted by Gasteiger charge is 2.00. The number of rotatable bonds is 10. The summed E-state index contributed by atoms with van der Waals surface area (Å²) in [5, 5.41) is 2.73. The molecule has 0 heterocycles. The fourth-order valence-electron chi connectivity index (χ4n) is 1.69. The average molecular weight is 280 g/mol. The second kappa shape index (κ2) is 10.2. The van der Waals surface area contributed by atoms with E-state index >= 15 is 0 Å². The van der Waals surface area contributed by atoms with Crippen LogP contribution in [0.3, 0.4) is 0 Å². The Hall–Kier alpha value is -1.59. The van der Waals surface area contributed by atoms with Crippen LogP contribution in [0, 0.1) is 0 Å². The second-order valence-electron chi connectivity index (χ2n) is 4.48. The zero-order valence-corrected chi connectivity index (χ0v) is 12.1. The van der Waals surface area contributed by atoms with Gasteiger partial charge in [0.1, 0.15) is 5.75 Å². The zero-order chi connectivity index (χ0) is 14.6.